The lowest BCUT2D eigenvalue weighted by Gasteiger charge is -2.13. The van der Waals surface area contributed by atoms with Gasteiger partial charge in [-0.1, -0.05) is 54.1 Å². The van der Waals surface area contributed by atoms with Crippen molar-refractivity contribution in [2.24, 2.45) is 0 Å². The van der Waals surface area contributed by atoms with E-state index in [4.69, 9.17) is 26.4 Å². The Bertz CT molecular complexity index is 1500. The molecule has 33 heavy (non-hydrogen) atoms. The highest BCUT2D eigenvalue weighted by Crippen LogP contribution is 2.39. The topological polar surface area (TPSA) is 63.7 Å². The van der Waals surface area contributed by atoms with Crippen LogP contribution in [0.2, 0.25) is 5.02 Å². The third-order valence-electron chi connectivity index (χ3n) is 5.60. The Hall–Kier alpha value is -4.14. The number of halogens is 1. The average Bonchev–Trinajstić information content (AvgIpc) is 3.20. The fraction of sp³-hybridized carbons (Fsp3) is 0.0741. The zero-order valence-corrected chi connectivity index (χ0v) is 18.8. The molecule has 5 rings (SSSR count). The highest BCUT2D eigenvalue weighted by atomic mass is 35.5. The van der Waals surface area contributed by atoms with Crippen molar-refractivity contribution in [1.82, 2.24) is 14.8 Å². The maximum Gasteiger partial charge on any atom is 0.164 e. The van der Waals surface area contributed by atoms with Crippen LogP contribution in [0.1, 0.15) is 11.3 Å². The van der Waals surface area contributed by atoms with Gasteiger partial charge in [-0.25, -0.2) is 9.67 Å². The van der Waals surface area contributed by atoms with E-state index in [1.807, 2.05) is 90.5 Å². The van der Waals surface area contributed by atoms with E-state index in [0.717, 1.165) is 39.2 Å². The maximum atomic E-state index is 10.3. The molecule has 2 aromatic heterocycles. The third kappa shape index (κ3) is 3.61. The Balaban J connectivity index is 1.90. The molecule has 0 N–H and O–H groups in total. The summed E-state index contributed by atoms with van der Waals surface area (Å²) in [5.41, 5.74) is 6.01. The lowest BCUT2D eigenvalue weighted by molar-refractivity contribution is 0.415. The van der Waals surface area contributed by atoms with Crippen molar-refractivity contribution in [3.63, 3.8) is 0 Å². The van der Waals surface area contributed by atoms with Gasteiger partial charge in [0.2, 0.25) is 0 Å². The molecule has 0 spiro atoms. The number of pyridine rings is 1. The molecular formula is C27H19ClN4O. The van der Waals surface area contributed by atoms with E-state index in [0.29, 0.717) is 21.9 Å². The molecule has 0 radical (unpaired) electrons. The Kier molecular flexibility index (Phi) is 5.29. The van der Waals surface area contributed by atoms with E-state index in [1.54, 1.807) is 7.11 Å². The Morgan fingerprint density at radius 1 is 0.909 bits per heavy atom. The Morgan fingerprint density at radius 3 is 2.24 bits per heavy atom. The van der Waals surface area contributed by atoms with Crippen LogP contribution in [-0.4, -0.2) is 21.9 Å². The molecule has 0 aliphatic carbocycles. The molecule has 5 nitrogen and oxygen atoms in total. The minimum Gasteiger partial charge on any atom is -0.497 e. The molecular weight excluding hydrogens is 432 g/mol. The molecule has 2 heterocycles. The molecule has 6 heteroatoms. The second-order valence-electron chi connectivity index (χ2n) is 7.59. The summed E-state index contributed by atoms with van der Waals surface area (Å²) in [7, 11) is 1.63. The standard InChI is InChI=1S/C27H19ClN4O/c1-17-24-25(18-8-14-22(33-2)15-9-18)23(16-29)26(19-6-4-3-5-7-19)30-27(24)32(31-17)21-12-10-20(28)11-13-21/h3-15H,1-2H3. The number of hydrogen-bond acceptors (Lipinski definition) is 4. The lowest BCUT2D eigenvalue weighted by atomic mass is 9.93. The normalized spacial score (nSPS) is 10.8. The highest BCUT2D eigenvalue weighted by molar-refractivity contribution is 6.30. The summed E-state index contributed by atoms with van der Waals surface area (Å²) in [6.45, 7) is 1.94. The number of ether oxygens (including phenoxy) is 1. The van der Waals surface area contributed by atoms with Crippen LogP contribution in [0.25, 0.3) is 39.1 Å². The van der Waals surface area contributed by atoms with Gasteiger partial charge in [-0.3, -0.25) is 0 Å². The average molecular weight is 451 g/mol. The quantitative estimate of drug-likeness (QED) is 0.309. The molecule has 160 valence electrons. The number of fused-ring (bicyclic) bond motifs is 1. The fourth-order valence-electron chi connectivity index (χ4n) is 4.04. The number of methoxy groups -OCH3 is 1. The van der Waals surface area contributed by atoms with Gasteiger partial charge in [0.1, 0.15) is 11.8 Å². The van der Waals surface area contributed by atoms with E-state index in [-0.39, 0.29) is 0 Å². The summed E-state index contributed by atoms with van der Waals surface area (Å²) in [6.07, 6.45) is 0. The van der Waals surface area contributed by atoms with Gasteiger partial charge in [0.25, 0.3) is 0 Å². The molecule has 0 aliphatic heterocycles. The van der Waals surface area contributed by atoms with Gasteiger partial charge < -0.3 is 4.74 Å². The van der Waals surface area contributed by atoms with Crippen LogP contribution in [-0.2, 0) is 0 Å². The number of aromatic nitrogens is 3. The zero-order valence-electron chi connectivity index (χ0n) is 18.1. The molecule has 0 fully saturated rings. The van der Waals surface area contributed by atoms with E-state index in [9.17, 15) is 5.26 Å². The maximum absolute atomic E-state index is 10.3. The third-order valence-corrected chi connectivity index (χ3v) is 5.85. The van der Waals surface area contributed by atoms with E-state index in [2.05, 4.69) is 6.07 Å². The van der Waals surface area contributed by atoms with Crippen molar-refractivity contribution in [3.05, 3.63) is 95.1 Å². The van der Waals surface area contributed by atoms with Crippen molar-refractivity contribution in [2.75, 3.05) is 7.11 Å². The summed E-state index contributed by atoms with van der Waals surface area (Å²) in [5.74, 6) is 0.749. The largest absolute Gasteiger partial charge is 0.497 e. The van der Waals surface area contributed by atoms with Gasteiger partial charge in [0.05, 0.1) is 35.1 Å². The van der Waals surface area contributed by atoms with Gasteiger partial charge in [-0.15, -0.1) is 0 Å². The zero-order chi connectivity index (χ0) is 22.9. The van der Waals surface area contributed by atoms with Gasteiger partial charge in [0, 0.05) is 16.1 Å². The summed E-state index contributed by atoms with van der Waals surface area (Å²) < 4.78 is 7.14. The van der Waals surface area contributed by atoms with Crippen LogP contribution in [0.15, 0.2) is 78.9 Å². The molecule has 0 bridgehead atoms. The number of nitriles is 1. The SMILES string of the molecule is COc1ccc(-c2c(C#N)c(-c3ccccc3)nc3c2c(C)nn3-c2ccc(Cl)cc2)cc1. The molecule has 5 aromatic rings. The first-order valence-corrected chi connectivity index (χ1v) is 10.8. The van der Waals surface area contributed by atoms with Gasteiger partial charge >= 0.3 is 0 Å². The minimum absolute atomic E-state index is 0.512. The van der Waals surface area contributed by atoms with Crippen molar-refractivity contribution in [3.8, 4) is 39.9 Å². The summed E-state index contributed by atoms with van der Waals surface area (Å²) >= 11 is 6.11. The lowest BCUT2D eigenvalue weighted by Crippen LogP contribution is -2.01. The molecule has 0 saturated heterocycles. The first-order chi connectivity index (χ1) is 16.1. The highest BCUT2D eigenvalue weighted by Gasteiger charge is 2.23. The van der Waals surface area contributed by atoms with E-state index < -0.39 is 0 Å². The van der Waals surface area contributed by atoms with Crippen molar-refractivity contribution in [1.29, 1.82) is 5.26 Å². The predicted octanol–water partition coefficient (Wildman–Crippen LogP) is 6.60. The van der Waals surface area contributed by atoms with Crippen LogP contribution < -0.4 is 4.74 Å². The predicted molar refractivity (Wildman–Crippen MR) is 131 cm³/mol. The van der Waals surface area contributed by atoms with E-state index >= 15 is 0 Å². The van der Waals surface area contributed by atoms with Crippen molar-refractivity contribution < 1.29 is 4.74 Å². The summed E-state index contributed by atoms with van der Waals surface area (Å²) in [5, 5.41) is 16.6. The number of nitrogens with zero attached hydrogens (tertiary/aromatic N) is 4. The minimum atomic E-state index is 0.512. The number of aryl methyl sites for hydroxylation is 1. The van der Waals surface area contributed by atoms with E-state index in [1.165, 1.54) is 0 Å². The molecule has 0 atom stereocenters. The second kappa shape index (κ2) is 8.42. The first kappa shape index (κ1) is 20.7. The number of benzene rings is 3. The monoisotopic (exact) mass is 450 g/mol. The van der Waals surface area contributed by atoms with Crippen LogP contribution in [0, 0.1) is 18.3 Å². The van der Waals surface area contributed by atoms with Crippen molar-refractivity contribution in [2.45, 2.75) is 6.92 Å². The van der Waals surface area contributed by atoms with Crippen LogP contribution in [0.3, 0.4) is 0 Å². The number of rotatable bonds is 4. The molecule has 0 unspecified atom stereocenters. The Labute approximate surface area is 196 Å². The smallest absolute Gasteiger partial charge is 0.164 e. The molecule has 0 saturated carbocycles. The Morgan fingerprint density at radius 2 is 1.61 bits per heavy atom. The van der Waals surface area contributed by atoms with Gasteiger partial charge in [0.15, 0.2) is 5.65 Å². The number of hydrogen-bond donors (Lipinski definition) is 0. The van der Waals surface area contributed by atoms with Crippen LogP contribution in [0.4, 0.5) is 0 Å². The van der Waals surface area contributed by atoms with Crippen molar-refractivity contribution >= 4 is 22.6 Å². The summed E-state index contributed by atoms with van der Waals surface area (Å²) in [4.78, 5) is 4.98. The van der Waals surface area contributed by atoms with Gasteiger partial charge in [-0.05, 0) is 48.9 Å². The first-order valence-electron chi connectivity index (χ1n) is 10.4. The second-order valence-corrected chi connectivity index (χ2v) is 8.03. The summed E-state index contributed by atoms with van der Waals surface area (Å²) in [6, 6.07) is 27.3. The molecule has 0 amide bonds. The molecule has 3 aromatic carbocycles. The fourth-order valence-corrected chi connectivity index (χ4v) is 4.16. The van der Waals surface area contributed by atoms with Crippen LogP contribution >= 0.6 is 11.6 Å². The van der Waals surface area contributed by atoms with Crippen LogP contribution in [0.5, 0.6) is 5.75 Å². The molecule has 0 aliphatic rings. The van der Waals surface area contributed by atoms with Gasteiger partial charge in [-0.2, -0.15) is 10.4 Å².